The van der Waals surface area contributed by atoms with E-state index in [1.165, 1.54) is 6.08 Å². The third kappa shape index (κ3) is 4.13. The molecule has 1 aliphatic rings. The smallest absolute Gasteiger partial charge is 0.245 e. The Bertz CT molecular complexity index is 551. The monoisotopic (exact) mass is 318 g/mol. The van der Waals surface area contributed by atoms with Crippen molar-refractivity contribution in [1.29, 1.82) is 0 Å². The number of piperidine rings is 1. The van der Waals surface area contributed by atoms with Crippen LogP contribution in [-0.2, 0) is 15.3 Å². The van der Waals surface area contributed by atoms with Crippen LogP contribution in [-0.4, -0.2) is 36.1 Å². The number of hydrogen-bond donors (Lipinski definition) is 1. The largest absolute Gasteiger partial charge is 0.339 e. The molecule has 0 aromatic heterocycles. The number of nitrogens with zero attached hydrogens (tertiary/aromatic N) is 1. The van der Waals surface area contributed by atoms with Gasteiger partial charge in [0.2, 0.25) is 11.8 Å². The Hall–Kier alpha value is -1.75. The minimum atomic E-state index is -0.0517. The topological polar surface area (TPSA) is 49.4 Å². The fraction of sp³-hybridized carbons (Fsp3) is 0.412. The SMILES string of the molecule is C=CC(=O)N1CCC(C(=O)Nc2ccccc2CSC)CC1. The van der Waals surface area contributed by atoms with Crippen LogP contribution in [0.1, 0.15) is 18.4 Å². The Morgan fingerprint density at radius 3 is 2.68 bits per heavy atom. The summed E-state index contributed by atoms with van der Waals surface area (Å²) in [4.78, 5) is 25.7. The maximum atomic E-state index is 12.4. The molecule has 0 saturated carbocycles. The number of para-hydroxylation sites is 1. The van der Waals surface area contributed by atoms with Gasteiger partial charge in [-0.05, 0) is 36.8 Å². The van der Waals surface area contributed by atoms with Gasteiger partial charge in [0.1, 0.15) is 0 Å². The van der Waals surface area contributed by atoms with E-state index in [4.69, 9.17) is 0 Å². The number of rotatable bonds is 5. The zero-order valence-corrected chi connectivity index (χ0v) is 13.7. The molecule has 2 amide bonds. The van der Waals surface area contributed by atoms with Gasteiger partial charge in [0, 0.05) is 30.4 Å². The summed E-state index contributed by atoms with van der Waals surface area (Å²) in [7, 11) is 0. The summed E-state index contributed by atoms with van der Waals surface area (Å²) < 4.78 is 0. The van der Waals surface area contributed by atoms with Crippen LogP contribution < -0.4 is 5.32 Å². The van der Waals surface area contributed by atoms with Gasteiger partial charge < -0.3 is 10.2 Å². The van der Waals surface area contributed by atoms with Crippen molar-refractivity contribution in [2.75, 3.05) is 24.7 Å². The van der Waals surface area contributed by atoms with Gasteiger partial charge in [0.15, 0.2) is 0 Å². The van der Waals surface area contributed by atoms with Crippen LogP contribution in [0.5, 0.6) is 0 Å². The fourth-order valence-corrected chi connectivity index (χ4v) is 3.21. The van der Waals surface area contributed by atoms with E-state index < -0.39 is 0 Å². The Morgan fingerprint density at radius 1 is 1.36 bits per heavy atom. The summed E-state index contributed by atoms with van der Waals surface area (Å²) in [5.41, 5.74) is 2.04. The van der Waals surface area contributed by atoms with E-state index in [2.05, 4.69) is 11.9 Å². The molecule has 0 spiro atoms. The summed E-state index contributed by atoms with van der Waals surface area (Å²) in [5.74, 6) is 0.850. The zero-order chi connectivity index (χ0) is 15.9. The second kappa shape index (κ2) is 8.03. The van der Waals surface area contributed by atoms with E-state index >= 15 is 0 Å². The van der Waals surface area contributed by atoms with E-state index in [1.54, 1.807) is 16.7 Å². The predicted octanol–water partition coefficient (Wildman–Crippen LogP) is 2.91. The number of amides is 2. The lowest BCUT2D eigenvalue weighted by Crippen LogP contribution is -2.40. The molecule has 0 radical (unpaired) electrons. The molecule has 2 rings (SSSR count). The van der Waals surface area contributed by atoms with Crippen molar-refractivity contribution in [3.63, 3.8) is 0 Å². The molecule has 1 heterocycles. The van der Waals surface area contributed by atoms with E-state index in [9.17, 15) is 9.59 Å². The van der Waals surface area contributed by atoms with E-state index in [0.29, 0.717) is 25.9 Å². The molecule has 1 saturated heterocycles. The minimum Gasteiger partial charge on any atom is -0.339 e. The summed E-state index contributed by atoms with van der Waals surface area (Å²) in [5, 5.41) is 3.05. The highest BCUT2D eigenvalue weighted by Gasteiger charge is 2.26. The number of carbonyl (C=O) groups is 2. The van der Waals surface area contributed by atoms with Crippen LogP contribution >= 0.6 is 11.8 Å². The maximum absolute atomic E-state index is 12.4. The molecule has 0 unspecified atom stereocenters. The van der Waals surface area contributed by atoms with Gasteiger partial charge in [-0.15, -0.1) is 0 Å². The summed E-state index contributed by atoms with van der Waals surface area (Å²) in [6, 6.07) is 7.91. The third-order valence-corrected chi connectivity index (χ3v) is 4.53. The Morgan fingerprint density at radius 2 is 2.05 bits per heavy atom. The number of thioether (sulfide) groups is 1. The lowest BCUT2D eigenvalue weighted by molar-refractivity contribution is -0.130. The van der Waals surface area contributed by atoms with Crippen LogP contribution in [0.4, 0.5) is 5.69 Å². The summed E-state index contributed by atoms with van der Waals surface area (Å²) in [6.07, 6.45) is 4.79. The molecule has 22 heavy (non-hydrogen) atoms. The van der Waals surface area contributed by atoms with Crippen LogP contribution in [0.25, 0.3) is 0 Å². The van der Waals surface area contributed by atoms with Gasteiger partial charge in [-0.2, -0.15) is 11.8 Å². The minimum absolute atomic E-state index is 0.0313. The quantitative estimate of drug-likeness (QED) is 0.849. The lowest BCUT2D eigenvalue weighted by atomic mass is 9.95. The van der Waals surface area contributed by atoms with Gasteiger partial charge in [0.25, 0.3) is 0 Å². The van der Waals surface area contributed by atoms with Crippen molar-refractivity contribution >= 4 is 29.3 Å². The number of hydrogen-bond acceptors (Lipinski definition) is 3. The van der Waals surface area contributed by atoms with Crippen molar-refractivity contribution in [3.05, 3.63) is 42.5 Å². The van der Waals surface area contributed by atoms with Gasteiger partial charge in [0.05, 0.1) is 0 Å². The number of nitrogens with one attached hydrogen (secondary N) is 1. The highest BCUT2D eigenvalue weighted by atomic mass is 32.2. The molecule has 1 fully saturated rings. The Kier molecular flexibility index (Phi) is 6.07. The number of benzene rings is 1. The average Bonchev–Trinajstić information content (AvgIpc) is 2.56. The maximum Gasteiger partial charge on any atom is 0.245 e. The second-order valence-corrected chi connectivity index (χ2v) is 6.25. The zero-order valence-electron chi connectivity index (χ0n) is 12.9. The van der Waals surface area contributed by atoms with Gasteiger partial charge in [-0.1, -0.05) is 24.8 Å². The number of anilines is 1. The van der Waals surface area contributed by atoms with Crippen LogP contribution in [0.15, 0.2) is 36.9 Å². The molecule has 4 nitrogen and oxygen atoms in total. The first-order chi connectivity index (χ1) is 10.7. The van der Waals surface area contributed by atoms with Crippen molar-refractivity contribution in [2.24, 2.45) is 5.92 Å². The third-order valence-electron chi connectivity index (χ3n) is 3.93. The van der Waals surface area contributed by atoms with Crippen molar-refractivity contribution < 1.29 is 9.59 Å². The van der Waals surface area contributed by atoms with Gasteiger partial charge >= 0.3 is 0 Å². The predicted molar refractivity (Wildman–Crippen MR) is 91.8 cm³/mol. The van der Waals surface area contributed by atoms with Crippen LogP contribution in [0.3, 0.4) is 0 Å². The Balaban J connectivity index is 1.94. The highest BCUT2D eigenvalue weighted by molar-refractivity contribution is 7.97. The van der Waals surface area contributed by atoms with Gasteiger partial charge in [-0.3, -0.25) is 9.59 Å². The first-order valence-corrected chi connectivity index (χ1v) is 8.84. The molecule has 0 bridgehead atoms. The fourth-order valence-electron chi connectivity index (χ4n) is 2.65. The molecule has 1 aliphatic heterocycles. The molecule has 0 atom stereocenters. The number of carbonyl (C=O) groups excluding carboxylic acids is 2. The van der Waals surface area contributed by atoms with Gasteiger partial charge in [-0.25, -0.2) is 0 Å². The molecule has 1 aromatic rings. The summed E-state index contributed by atoms with van der Waals surface area (Å²) >= 11 is 1.73. The normalized spacial score (nSPS) is 15.4. The highest BCUT2D eigenvalue weighted by Crippen LogP contribution is 2.23. The molecule has 5 heteroatoms. The molecule has 1 N–H and O–H groups in total. The standard InChI is InChI=1S/C17H22N2O2S/c1-3-16(20)19-10-8-13(9-11-19)17(21)18-15-7-5-4-6-14(15)12-22-2/h3-7,13H,1,8-12H2,2H3,(H,18,21). The average molecular weight is 318 g/mol. The van der Waals surface area contributed by atoms with E-state index in [1.807, 2.05) is 30.5 Å². The van der Waals surface area contributed by atoms with Crippen LogP contribution in [0.2, 0.25) is 0 Å². The van der Waals surface area contributed by atoms with Crippen molar-refractivity contribution in [2.45, 2.75) is 18.6 Å². The van der Waals surface area contributed by atoms with E-state index in [0.717, 1.165) is 17.0 Å². The first kappa shape index (κ1) is 16.6. The molecular weight excluding hydrogens is 296 g/mol. The Labute approximate surface area is 136 Å². The van der Waals surface area contributed by atoms with E-state index in [-0.39, 0.29) is 17.7 Å². The first-order valence-electron chi connectivity index (χ1n) is 7.44. The van der Waals surface area contributed by atoms with Crippen molar-refractivity contribution in [3.8, 4) is 0 Å². The molecule has 0 aliphatic carbocycles. The summed E-state index contributed by atoms with van der Waals surface area (Å²) in [6.45, 7) is 4.74. The second-order valence-electron chi connectivity index (χ2n) is 5.38. The molecule has 118 valence electrons. The number of likely N-dealkylation sites (tertiary alicyclic amines) is 1. The van der Waals surface area contributed by atoms with Crippen molar-refractivity contribution in [1.82, 2.24) is 4.90 Å². The molecule has 1 aromatic carbocycles. The lowest BCUT2D eigenvalue weighted by Gasteiger charge is -2.30. The van der Waals surface area contributed by atoms with Crippen LogP contribution in [0, 0.1) is 5.92 Å². The molecular formula is C17H22N2O2S.